The Bertz CT molecular complexity index is 939. The predicted octanol–water partition coefficient (Wildman–Crippen LogP) is 2.94. The van der Waals surface area contributed by atoms with E-state index in [1.54, 1.807) is 12.4 Å². The summed E-state index contributed by atoms with van der Waals surface area (Å²) in [6, 6.07) is 11.8. The Morgan fingerprint density at radius 1 is 1.19 bits per heavy atom. The van der Waals surface area contributed by atoms with Crippen molar-refractivity contribution in [1.82, 2.24) is 20.2 Å². The molecule has 0 radical (unpaired) electrons. The SMILES string of the molecule is CCN1CCc2nc3ccccc3c(C(=O)NCc3ccncc3)c2C1. The van der Waals surface area contributed by atoms with Crippen LogP contribution in [-0.4, -0.2) is 33.9 Å². The van der Waals surface area contributed by atoms with Crippen LogP contribution in [0.25, 0.3) is 10.9 Å². The third-order valence-electron chi connectivity index (χ3n) is 5.00. The van der Waals surface area contributed by atoms with Crippen molar-refractivity contribution >= 4 is 16.8 Å². The number of aromatic nitrogens is 2. The van der Waals surface area contributed by atoms with Crippen LogP contribution in [0.1, 0.15) is 34.1 Å². The highest BCUT2D eigenvalue weighted by Gasteiger charge is 2.25. The molecular formula is C21H22N4O. The second-order valence-corrected chi connectivity index (χ2v) is 6.59. The summed E-state index contributed by atoms with van der Waals surface area (Å²) in [4.78, 5) is 24.3. The summed E-state index contributed by atoms with van der Waals surface area (Å²) in [5.41, 5.74) is 4.84. The predicted molar refractivity (Wildman–Crippen MR) is 102 cm³/mol. The zero-order valence-electron chi connectivity index (χ0n) is 14.9. The van der Waals surface area contributed by atoms with Crippen LogP contribution in [0.2, 0.25) is 0 Å². The van der Waals surface area contributed by atoms with Crippen LogP contribution in [0.4, 0.5) is 0 Å². The highest BCUT2D eigenvalue weighted by atomic mass is 16.1. The van der Waals surface area contributed by atoms with Gasteiger partial charge in [-0.1, -0.05) is 25.1 Å². The molecule has 5 nitrogen and oxygen atoms in total. The molecule has 4 rings (SSSR count). The normalized spacial score (nSPS) is 14.2. The third-order valence-corrected chi connectivity index (χ3v) is 5.00. The minimum atomic E-state index is -0.0328. The van der Waals surface area contributed by atoms with Gasteiger partial charge in [-0.25, -0.2) is 0 Å². The number of fused-ring (bicyclic) bond motifs is 2. The summed E-state index contributed by atoms with van der Waals surface area (Å²) in [6.45, 7) is 5.39. The molecule has 1 amide bonds. The number of para-hydroxylation sites is 1. The van der Waals surface area contributed by atoms with Gasteiger partial charge in [0, 0.05) is 55.1 Å². The molecule has 0 fully saturated rings. The lowest BCUT2D eigenvalue weighted by Crippen LogP contribution is -2.34. The maximum atomic E-state index is 13.1. The van der Waals surface area contributed by atoms with Crippen LogP contribution in [0.5, 0.6) is 0 Å². The average Bonchev–Trinajstić information content (AvgIpc) is 2.70. The molecule has 0 bridgehead atoms. The number of benzene rings is 1. The topological polar surface area (TPSA) is 58.1 Å². The maximum absolute atomic E-state index is 13.1. The molecule has 3 heterocycles. The Labute approximate surface area is 153 Å². The first-order valence-corrected chi connectivity index (χ1v) is 9.06. The molecule has 1 aromatic carbocycles. The summed E-state index contributed by atoms with van der Waals surface area (Å²) in [6.07, 6.45) is 4.37. The molecule has 0 atom stereocenters. The van der Waals surface area contributed by atoms with Gasteiger partial charge in [0.1, 0.15) is 0 Å². The number of nitrogens with zero attached hydrogens (tertiary/aromatic N) is 3. The van der Waals surface area contributed by atoms with Crippen LogP contribution < -0.4 is 5.32 Å². The van der Waals surface area contributed by atoms with Crippen molar-refractivity contribution in [2.24, 2.45) is 0 Å². The third kappa shape index (κ3) is 3.18. The first kappa shape index (κ1) is 16.7. The highest BCUT2D eigenvalue weighted by molar-refractivity contribution is 6.07. The molecule has 2 aromatic heterocycles. The first-order valence-electron chi connectivity index (χ1n) is 9.06. The lowest BCUT2D eigenvalue weighted by Gasteiger charge is -2.29. The number of carbonyl (C=O) groups excluding carboxylic acids is 1. The number of nitrogens with one attached hydrogen (secondary N) is 1. The number of likely N-dealkylation sites (N-methyl/N-ethyl adjacent to an activating group) is 1. The summed E-state index contributed by atoms with van der Waals surface area (Å²) < 4.78 is 0. The minimum absolute atomic E-state index is 0.0328. The second-order valence-electron chi connectivity index (χ2n) is 6.59. The maximum Gasteiger partial charge on any atom is 0.252 e. The van der Waals surface area contributed by atoms with Gasteiger partial charge in [0.15, 0.2) is 0 Å². The average molecular weight is 346 g/mol. The molecular weight excluding hydrogens is 324 g/mol. The van der Waals surface area contributed by atoms with Crippen LogP contribution in [-0.2, 0) is 19.5 Å². The molecule has 132 valence electrons. The van der Waals surface area contributed by atoms with E-state index in [1.807, 2.05) is 36.4 Å². The fraction of sp³-hybridized carbons (Fsp3) is 0.286. The largest absolute Gasteiger partial charge is 0.348 e. The van der Waals surface area contributed by atoms with Crippen molar-refractivity contribution in [3.05, 3.63) is 71.2 Å². The molecule has 0 unspecified atom stereocenters. The summed E-state index contributed by atoms with van der Waals surface area (Å²) in [5, 5.41) is 4.00. The van der Waals surface area contributed by atoms with Crippen LogP contribution >= 0.6 is 0 Å². The van der Waals surface area contributed by atoms with E-state index >= 15 is 0 Å². The van der Waals surface area contributed by atoms with E-state index in [9.17, 15) is 4.79 Å². The van der Waals surface area contributed by atoms with E-state index in [4.69, 9.17) is 4.98 Å². The first-order chi connectivity index (χ1) is 12.8. The van der Waals surface area contributed by atoms with E-state index in [2.05, 4.69) is 22.1 Å². The van der Waals surface area contributed by atoms with E-state index in [0.717, 1.165) is 59.3 Å². The number of carbonyl (C=O) groups is 1. The Kier molecular flexibility index (Phi) is 4.63. The van der Waals surface area contributed by atoms with E-state index in [-0.39, 0.29) is 5.91 Å². The quantitative estimate of drug-likeness (QED) is 0.789. The Balaban J connectivity index is 1.73. The Morgan fingerprint density at radius 2 is 2.00 bits per heavy atom. The Morgan fingerprint density at radius 3 is 2.81 bits per heavy atom. The monoisotopic (exact) mass is 346 g/mol. The number of pyridine rings is 2. The fourth-order valence-corrected chi connectivity index (χ4v) is 3.55. The van der Waals surface area contributed by atoms with Gasteiger partial charge in [0.2, 0.25) is 0 Å². The molecule has 5 heteroatoms. The van der Waals surface area contributed by atoms with Gasteiger partial charge in [-0.15, -0.1) is 0 Å². The molecule has 3 aromatic rings. The summed E-state index contributed by atoms with van der Waals surface area (Å²) in [7, 11) is 0. The van der Waals surface area contributed by atoms with Gasteiger partial charge >= 0.3 is 0 Å². The number of hydrogen-bond acceptors (Lipinski definition) is 4. The fourth-order valence-electron chi connectivity index (χ4n) is 3.55. The minimum Gasteiger partial charge on any atom is -0.348 e. The molecule has 1 aliphatic heterocycles. The number of hydrogen-bond donors (Lipinski definition) is 1. The zero-order chi connectivity index (χ0) is 17.9. The molecule has 26 heavy (non-hydrogen) atoms. The van der Waals surface area contributed by atoms with Crippen molar-refractivity contribution in [2.45, 2.75) is 26.4 Å². The van der Waals surface area contributed by atoms with Crippen molar-refractivity contribution in [3.8, 4) is 0 Å². The highest BCUT2D eigenvalue weighted by Crippen LogP contribution is 2.28. The number of rotatable bonds is 4. The lowest BCUT2D eigenvalue weighted by atomic mass is 9.95. The van der Waals surface area contributed by atoms with Crippen LogP contribution in [0, 0.1) is 0 Å². The van der Waals surface area contributed by atoms with Gasteiger partial charge in [0.05, 0.1) is 11.1 Å². The van der Waals surface area contributed by atoms with Crippen LogP contribution in [0.3, 0.4) is 0 Å². The van der Waals surface area contributed by atoms with Gasteiger partial charge in [-0.05, 0) is 30.3 Å². The van der Waals surface area contributed by atoms with Gasteiger partial charge in [0.25, 0.3) is 5.91 Å². The van der Waals surface area contributed by atoms with E-state index < -0.39 is 0 Å². The van der Waals surface area contributed by atoms with Gasteiger partial charge < -0.3 is 5.32 Å². The van der Waals surface area contributed by atoms with E-state index in [1.165, 1.54) is 0 Å². The summed E-state index contributed by atoms with van der Waals surface area (Å²) >= 11 is 0. The zero-order valence-corrected chi connectivity index (χ0v) is 14.9. The summed E-state index contributed by atoms with van der Waals surface area (Å²) in [5.74, 6) is -0.0328. The molecule has 1 N–H and O–H groups in total. The van der Waals surface area contributed by atoms with Crippen molar-refractivity contribution < 1.29 is 4.79 Å². The van der Waals surface area contributed by atoms with Gasteiger partial charge in [-0.2, -0.15) is 0 Å². The van der Waals surface area contributed by atoms with E-state index in [0.29, 0.717) is 6.54 Å². The van der Waals surface area contributed by atoms with Crippen molar-refractivity contribution in [3.63, 3.8) is 0 Å². The van der Waals surface area contributed by atoms with Crippen LogP contribution in [0.15, 0.2) is 48.8 Å². The molecule has 0 saturated carbocycles. The Hall–Kier alpha value is -2.79. The molecule has 1 aliphatic rings. The van der Waals surface area contributed by atoms with Crippen molar-refractivity contribution in [2.75, 3.05) is 13.1 Å². The molecule has 0 aliphatic carbocycles. The number of amides is 1. The smallest absolute Gasteiger partial charge is 0.252 e. The molecule has 0 spiro atoms. The standard InChI is InChI=1S/C21H22N4O/c1-2-25-12-9-19-17(14-25)20(16-5-3-4-6-18(16)24-19)21(26)23-13-15-7-10-22-11-8-15/h3-8,10-11H,2,9,12-14H2,1H3,(H,23,26). The van der Waals surface area contributed by atoms with Crippen molar-refractivity contribution in [1.29, 1.82) is 0 Å². The lowest BCUT2D eigenvalue weighted by molar-refractivity contribution is 0.0949. The van der Waals surface area contributed by atoms with Gasteiger partial charge in [-0.3, -0.25) is 19.7 Å². The molecule has 0 saturated heterocycles. The second kappa shape index (κ2) is 7.22.